The van der Waals surface area contributed by atoms with Crippen molar-refractivity contribution in [3.05, 3.63) is 28.8 Å². The number of hydrogen-bond acceptors (Lipinski definition) is 5. The smallest absolute Gasteiger partial charge is 0.155 e. The van der Waals surface area contributed by atoms with Crippen LogP contribution in [0.5, 0.6) is 0 Å². The highest BCUT2D eigenvalue weighted by molar-refractivity contribution is 7.94. The van der Waals surface area contributed by atoms with Gasteiger partial charge in [0.05, 0.1) is 17.3 Å². The minimum atomic E-state index is -3.52. The van der Waals surface area contributed by atoms with Crippen LogP contribution < -0.4 is 5.73 Å². The van der Waals surface area contributed by atoms with Crippen molar-refractivity contribution in [3.8, 4) is 0 Å². The van der Waals surface area contributed by atoms with Crippen LogP contribution >= 0.6 is 11.6 Å². The molecular formula is C10H14ClNO4S2. The fourth-order valence-corrected chi connectivity index (χ4v) is 4.58. The average Bonchev–Trinajstić information content (AvgIpc) is 2.20. The second kappa shape index (κ2) is 5.46. The SMILES string of the molecule is CS(=O)(=O)CCS(=O)(=O)Cc1cc(Cl)ccc1N. The van der Waals surface area contributed by atoms with Gasteiger partial charge in [-0.15, -0.1) is 0 Å². The fraction of sp³-hybridized carbons (Fsp3) is 0.400. The van der Waals surface area contributed by atoms with E-state index >= 15 is 0 Å². The molecule has 1 rings (SSSR count). The highest BCUT2D eigenvalue weighted by Crippen LogP contribution is 2.20. The normalized spacial score (nSPS) is 12.6. The van der Waals surface area contributed by atoms with Crippen LogP contribution in [-0.2, 0) is 25.4 Å². The Kier molecular flexibility index (Phi) is 4.63. The lowest BCUT2D eigenvalue weighted by Gasteiger charge is -2.07. The quantitative estimate of drug-likeness (QED) is 0.815. The molecule has 5 nitrogen and oxygen atoms in total. The Bertz CT molecular complexity index is 638. The first-order valence-electron chi connectivity index (χ1n) is 5.01. The zero-order chi connectivity index (χ0) is 14.0. The standard InChI is InChI=1S/C10H14ClNO4S2/c1-17(13,14)4-5-18(15,16)7-8-6-9(11)2-3-10(8)12/h2-3,6H,4-5,7,12H2,1H3. The Morgan fingerprint density at radius 3 is 2.33 bits per heavy atom. The van der Waals surface area contributed by atoms with Crippen molar-refractivity contribution in [1.82, 2.24) is 0 Å². The lowest BCUT2D eigenvalue weighted by molar-refractivity contribution is 0.589. The fourth-order valence-electron chi connectivity index (χ4n) is 1.29. The first kappa shape index (κ1) is 15.3. The Morgan fingerprint density at radius 1 is 1.17 bits per heavy atom. The lowest BCUT2D eigenvalue weighted by atomic mass is 10.2. The molecule has 0 unspecified atom stereocenters. The summed E-state index contributed by atoms with van der Waals surface area (Å²) in [6, 6.07) is 4.54. The van der Waals surface area contributed by atoms with Gasteiger partial charge in [0.15, 0.2) is 9.84 Å². The third-order valence-electron chi connectivity index (χ3n) is 2.25. The topological polar surface area (TPSA) is 94.3 Å². The van der Waals surface area contributed by atoms with E-state index in [4.69, 9.17) is 17.3 Å². The van der Waals surface area contributed by atoms with Gasteiger partial charge >= 0.3 is 0 Å². The molecule has 0 atom stereocenters. The molecule has 0 amide bonds. The van der Waals surface area contributed by atoms with E-state index in [-0.39, 0.29) is 5.75 Å². The second-order valence-corrected chi connectivity index (χ2v) is 8.95. The van der Waals surface area contributed by atoms with E-state index in [0.29, 0.717) is 16.3 Å². The van der Waals surface area contributed by atoms with Gasteiger partial charge < -0.3 is 5.73 Å². The predicted octanol–water partition coefficient (Wildman–Crippen LogP) is 0.882. The molecule has 0 saturated carbocycles. The number of halogens is 1. The third-order valence-corrected chi connectivity index (χ3v) is 5.26. The van der Waals surface area contributed by atoms with Gasteiger partial charge in [-0.1, -0.05) is 11.6 Å². The highest BCUT2D eigenvalue weighted by Gasteiger charge is 2.17. The molecule has 0 aliphatic heterocycles. The van der Waals surface area contributed by atoms with Crippen LogP contribution in [0.4, 0.5) is 5.69 Å². The molecular weight excluding hydrogens is 298 g/mol. The van der Waals surface area contributed by atoms with Crippen LogP contribution in [0.25, 0.3) is 0 Å². The van der Waals surface area contributed by atoms with E-state index in [1.807, 2.05) is 0 Å². The Labute approximate surface area is 112 Å². The predicted molar refractivity (Wildman–Crippen MR) is 73.1 cm³/mol. The summed E-state index contributed by atoms with van der Waals surface area (Å²) in [4.78, 5) is 0. The molecule has 2 N–H and O–H groups in total. The van der Waals surface area contributed by atoms with Crippen molar-refractivity contribution >= 4 is 37.0 Å². The molecule has 1 aromatic rings. The van der Waals surface area contributed by atoms with Gasteiger partial charge in [0, 0.05) is 17.0 Å². The van der Waals surface area contributed by atoms with Crippen LogP contribution in [0.1, 0.15) is 5.56 Å². The van der Waals surface area contributed by atoms with Gasteiger partial charge in [0.2, 0.25) is 0 Å². The van der Waals surface area contributed by atoms with Gasteiger partial charge in [-0.05, 0) is 23.8 Å². The van der Waals surface area contributed by atoms with Crippen molar-refractivity contribution in [3.63, 3.8) is 0 Å². The summed E-state index contributed by atoms with van der Waals surface area (Å²) in [6.45, 7) is 0. The molecule has 0 bridgehead atoms. The van der Waals surface area contributed by atoms with E-state index in [0.717, 1.165) is 6.26 Å². The Morgan fingerprint density at radius 2 is 1.78 bits per heavy atom. The lowest BCUT2D eigenvalue weighted by Crippen LogP contribution is -2.18. The molecule has 0 aromatic heterocycles. The molecule has 0 spiro atoms. The molecule has 1 aromatic carbocycles. The van der Waals surface area contributed by atoms with E-state index in [9.17, 15) is 16.8 Å². The molecule has 0 aliphatic rings. The van der Waals surface area contributed by atoms with E-state index in [1.165, 1.54) is 12.1 Å². The first-order chi connectivity index (χ1) is 8.09. The monoisotopic (exact) mass is 311 g/mol. The number of anilines is 1. The summed E-state index contributed by atoms with van der Waals surface area (Å²) in [5, 5.41) is 0.387. The zero-order valence-electron chi connectivity index (χ0n) is 9.76. The summed E-state index contributed by atoms with van der Waals surface area (Å²) in [5.41, 5.74) is 6.34. The van der Waals surface area contributed by atoms with Crippen LogP contribution in [0.15, 0.2) is 18.2 Å². The minimum absolute atomic E-state index is 0.311. The summed E-state index contributed by atoms with van der Waals surface area (Å²) in [5.74, 6) is -1.12. The second-order valence-electron chi connectivity index (χ2n) is 4.07. The maximum atomic E-state index is 11.7. The van der Waals surface area contributed by atoms with Crippen LogP contribution in [0, 0.1) is 0 Å². The molecule has 18 heavy (non-hydrogen) atoms. The highest BCUT2D eigenvalue weighted by atomic mass is 35.5. The van der Waals surface area contributed by atoms with Gasteiger partial charge in [-0.2, -0.15) is 0 Å². The Balaban J connectivity index is 2.86. The number of sulfone groups is 2. The number of benzene rings is 1. The molecule has 8 heteroatoms. The summed E-state index contributed by atoms with van der Waals surface area (Å²) in [7, 11) is -6.83. The largest absolute Gasteiger partial charge is 0.398 e. The molecule has 0 fully saturated rings. The van der Waals surface area contributed by atoms with Crippen LogP contribution in [0.2, 0.25) is 5.02 Å². The molecule has 0 radical (unpaired) electrons. The third kappa shape index (κ3) is 5.24. The first-order valence-corrected chi connectivity index (χ1v) is 9.27. The molecule has 0 aliphatic carbocycles. The summed E-state index contributed by atoms with van der Waals surface area (Å²) < 4.78 is 45.4. The van der Waals surface area contributed by atoms with Crippen molar-refractivity contribution in [2.24, 2.45) is 0 Å². The van der Waals surface area contributed by atoms with Crippen LogP contribution in [-0.4, -0.2) is 34.6 Å². The number of hydrogen-bond donors (Lipinski definition) is 1. The Hall–Kier alpha value is -0.790. The zero-order valence-corrected chi connectivity index (χ0v) is 12.1. The van der Waals surface area contributed by atoms with E-state index in [2.05, 4.69) is 0 Å². The molecule has 0 saturated heterocycles. The van der Waals surface area contributed by atoms with E-state index < -0.39 is 31.2 Å². The van der Waals surface area contributed by atoms with Crippen LogP contribution in [0.3, 0.4) is 0 Å². The van der Waals surface area contributed by atoms with Crippen molar-refractivity contribution in [1.29, 1.82) is 0 Å². The maximum absolute atomic E-state index is 11.7. The van der Waals surface area contributed by atoms with Gasteiger partial charge in [0.1, 0.15) is 9.84 Å². The van der Waals surface area contributed by atoms with Gasteiger partial charge in [-0.3, -0.25) is 0 Å². The maximum Gasteiger partial charge on any atom is 0.155 e. The summed E-state index contributed by atoms with van der Waals surface area (Å²) >= 11 is 5.75. The number of nitrogen functional groups attached to an aromatic ring is 1. The average molecular weight is 312 g/mol. The number of nitrogens with two attached hydrogens (primary N) is 1. The minimum Gasteiger partial charge on any atom is -0.398 e. The van der Waals surface area contributed by atoms with Crippen molar-refractivity contribution < 1.29 is 16.8 Å². The number of rotatable bonds is 5. The molecule has 102 valence electrons. The van der Waals surface area contributed by atoms with Gasteiger partial charge in [-0.25, -0.2) is 16.8 Å². The molecule has 0 heterocycles. The summed E-state index contributed by atoms with van der Waals surface area (Å²) in [6.07, 6.45) is 0.996. The van der Waals surface area contributed by atoms with Crippen molar-refractivity contribution in [2.75, 3.05) is 23.5 Å². The van der Waals surface area contributed by atoms with E-state index in [1.54, 1.807) is 6.07 Å². The van der Waals surface area contributed by atoms with Crippen molar-refractivity contribution in [2.45, 2.75) is 5.75 Å². The van der Waals surface area contributed by atoms with Gasteiger partial charge in [0.25, 0.3) is 0 Å².